The molecule has 2 rings (SSSR count). The summed E-state index contributed by atoms with van der Waals surface area (Å²) in [5, 5.41) is 0. The number of fused-ring (bicyclic) bond motifs is 1. The molecular weight excluding hydrogens is 232 g/mol. The second-order valence-electron chi connectivity index (χ2n) is 4.22. The molecule has 1 amide bonds. The summed E-state index contributed by atoms with van der Waals surface area (Å²) in [6.45, 7) is 1.03. The lowest BCUT2D eigenvalue weighted by Gasteiger charge is -2.15. The van der Waals surface area contributed by atoms with Gasteiger partial charge in [-0.25, -0.2) is 4.58 Å². The Hall–Kier alpha value is -2.04. The van der Waals surface area contributed by atoms with Gasteiger partial charge in [0.1, 0.15) is 6.54 Å². The predicted octanol–water partition coefficient (Wildman–Crippen LogP) is 0.177. The minimum atomic E-state index is -0.324. The van der Waals surface area contributed by atoms with Crippen LogP contribution >= 0.6 is 0 Å². The first-order valence-corrected chi connectivity index (χ1v) is 5.76. The van der Waals surface area contributed by atoms with Gasteiger partial charge in [-0.3, -0.25) is 4.79 Å². The van der Waals surface area contributed by atoms with Crippen LogP contribution in [0.1, 0.15) is 11.1 Å². The lowest BCUT2D eigenvalue weighted by molar-refractivity contribution is -0.512. The van der Waals surface area contributed by atoms with Crippen molar-refractivity contribution < 1.29 is 18.8 Å². The number of methoxy groups -OCH3 is 2. The molecular formula is C13H17N2O3+. The first kappa shape index (κ1) is 12.4. The predicted molar refractivity (Wildman–Crippen MR) is 67.6 cm³/mol. The van der Waals surface area contributed by atoms with Crippen molar-refractivity contribution in [2.24, 2.45) is 5.73 Å². The molecule has 0 saturated carbocycles. The van der Waals surface area contributed by atoms with Crippen LogP contribution in [0.25, 0.3) is 0 Å². The number of rotatable bonds is 4. The van der Waals surface area contributed by atoms with Crippen LogP contribution in [0.2, 0.25) is 0 Å². The van der Waals surface area contributed by atoms with Crippen molar-refractivity contribution in [2.75, 3.05) is 27.3 Å². The Kier molecular flexibility index (Phi) is 3.50. The van der Waals surface area contributed by atoms with Gasteiger partial charge in [0.25, 0.3) is 5.91 Å². The first-order valence-electron chi connectivity index (χ1n) is 5.76. The fourth-order valence-corrected chi connectivity index (χ4v) is 2.12. The van der Waals surface area contributed by atoms with Crippen LogP contribution in [-0.2, 0) is 11.2 Å². The molecule has 0 bridgehead atoms. The van der Waals surface area contributed by atoms with Crippen LogP contribution in [0, 0.1) is 0 Å². The molecule has 0 radical (unpaired) electrons. The number of hydrogen-bond acceptors (Lipinski definition) is 3. The highest BCUT2D eigenvalue weighted by Gasteiger charge is 2.20. The summed E-state index contributed by atoms with van der Waals surface area (Å²) in [7, 11) is 3.23. The van der Waals surface area contributed by atoms with Crippen molar-refractivity contribution >= 4 is 12.1 Å². The van der Waals surface area contributed by atoms with Gasteiger partial charge >= 0.3 is 0 Å². The summed E-state index contributed by atoms with van der Waals surface area (Å²) in [6, 6.07) is 3.90. The Labute approximate surface area is 106 Å². The quantitative estimate of drug-likeness (QED) is 0.774. The molecule has 0 saturated heterocycles. The second kappa shape index (κ2) is 5.08. The molecule has 0 aromatic heterocycles. The Balaban J connectivity index is 2.37. The van der Waals surface area contributed by atoms with Gasteiger partial charge in [-0.2, -0.15) is 0 Å². The minimum absolute atomic E-state index is 0.244. The third kappa shape index (κ3) is 2.45. The van der Waals surface area contributed by atoms with E-state index in [2.05, 4.69) is 0 Å². The molecule has 18 heavy (non-hydrogen) atoms. The topological polar surface area (TPSA) is 64.6 Å². The van der Waals surface area contributed by atoms with Gasteiger partial charge in [-0.15, -0.1) is 0 Å². The number of nitrogens with two attached hydrogens (primary N) is 1. The van der Waals surface area contributed by atoms with Gasteiger partial charge in [-0.05, 0) is 17.7 Å². The third-order valence-corrected chi connectivity index (χ3v) is 2.99. The molecule has 1 aliphatic rings. The van der Waals surface area contributed by atoms with Crippen LogP contribution in [0.3, 0.4) is 0 Å². The maximum atomic E-state index is 10.9. The highest BCUT2D eigenvalue weighted by molar-refractivity contribution is 5.82. The third-order valence-electron chi connectivity index (χ3n) is 2.99. The van der Waals surface area contributed by atoms with E-state index in [-0.39, 0.29) is 12.5 Å². The number of hydrogen-bond donors (Lipinski definition) is 1. The van der Waals surface area contributed by atoms with Crippen molar-refractivity contribution in [1.29, 1.82) is 0 Å². The van der Waals surface area contributed by atoms with E-state index in [1.807, 2.05) is 22.9 Å². The van der Waals surface area contributed by atoms with Crippen LogP contribution in [0.4, 0.5) is 0 Å². The summed E-state index contributed by atoms with van der Waals surface area (Å²) < 4.78 is 12.4. The van der Waals surface area contributed by atoms with Crippen molar-refractivity contribution in [3.63, 3.8) is 0 Å². The van der Waals surface area contributed by atoms with Crippen molar-refractivity contribution in [2.45, 2.75) is 6.42 Å². The molecule has 2 N–H and O–H groups in total. The fraction of sp³-hybridized carbons (Fsp3) is 0.385. The molecule has 96 valence electrons. The van der Waals surface area contributed by atoms with E-state index in [9.17, 15) is 4.79 Å². The maximum Gasteiger partial charge on any atom is 0.282 e. The number of primary amides is 1. The molecule has 0 fully saturated rings. The Bertz CT molecular complexity index is 509. The molecule has 5 nitrogen and oxygen atoms in total. The molecule has 1 heterocycles. The fourth-order valence-electron chi connectivity index (χ4n) is 2.12. The lowest BCUT2D eigenvalue weighted by atomic mass is 10.0. The molecule has 1 aromatic carbocycles. The van der Waals surface area contributed by atoms with Gasteiger partial charge in [0.15, 0.2) is 17.7 Å². The Morgan fingerprint density at radius 3 is 2.61 bits per heavy atom. The molecule has 0 aliphatic carbocycles. The number of ether oxygens (including phenoxy) is 2. The SMILES string of the molecule is COc1cc2c(cc1OC)CC[N+](CC(N)=O)=C2. The second-order valence-corrected chi connectivity index (χ2v) is 4.22. The maximum absolute atomic E-state index is 10.9. The first-order chi connectivity index (χ1) is 8.63. The molecule has 5 heteroatoms. The minimum Gasteiger partial charge on any atom is -0.493 e. The monoisotopic (exact) mass is 249 g/mol. The van der Waals surface area contributed by atoms with E-state index in [0.717, 1.165) is 24.3 Å². The zero-order valence-electron chi connectivity index (χ0n) is 10.6. The van der Waals surface area contributed by atoms with Crippen LogP contribution in [0.5, 0.6) is 11.5 Å². The number of carbonyl (C=O) groups is 1. The smallest absolute Gasteiger partial charge is 0.282 e. The normalized spacial score (nSPS) is 13.6. The standard InChI is InChI=1S/C13H16N2O3/c1-17-11-5-9-3-4-15(8-13(14)16)7-10(9)6-12(11)18-2/h5-7H,3-4,8H2,1-2H3,(H-,14,16)/p+1. The van der Waals surface area contributed by atoms with Crippen LogP contribution in [-0.4, -0.2) is 44.0 Å². The average Bonchev–Trinajstić information content (AvgIpc) is 2.36. The summed E-state index contributed by atoms with van der Waals surface area (Å²) in [5.41, 5.74) is 7.43. The number of amides is 1. The zero-order valence-corrected chi connectivity index (χ0v) is 10.6. The molecule has 0 spiro atoms. The summed E-state index contributed by atoms with van der Waals surface area (Å²) >= 11 is 0. The molecule has 1 aliphatic heterocycles. The van der Waals surface area contributed by atoms with Gasteiger partial charge in [-0.1, -0.05) is 0 Å². The van der Waals surface area contributed by atoms with Gasteiger partial charge < -0.3 is 15.2 Å². The van der Waals surface area contributed by atoms with E-state index in [4.69, 9.17) is 15.2 Å². The van der Waals surface area contributed by atoms with Crippen molar-refractivity contribution in [3.8, 4) is 11.5 Å². The van der Waals surface area contributed by atoms with Crippen LogP contribution in [0.15, 0.2) is 12.1 Å². The highest BCUT2D eigenvalue weighted by atomic mass is 16.5. The van der Waals surface area contributed by atoms with Crippen LogP contribution < -0.4 is 15.2 Å². The van der Waals surface area contributed by atoms with E-state index in [1.165, 1.54) is 5.56 Å². The van der Waals surface area contributed by atoms with E-state index >= 15 is 0 Å². The number of benzene rings is 1. The molecule has 1 aromatic rings. The Morgan fingerprint density at radius 1 is 1.33 bits per heavy atom. The number of nitrogens with zero attached hydrogens (tertiary/aromatic N) is 1. The van der Waals surface area contributed by atoms with Gasteiger partial charge in [0.2, 0.25) is 6.54 Å². The number of carbonyl (C=O) groups excluding carboxylic acids is 1. The largest absolute Gasteiger partial charge is 0.493 e. The average molecular weight is 249 g/mol. The molecule has 0 unspecified atom stereocenters. The zero-order chi connectivity index (χ0) is 13.1. The van der Waals surface area contributed by atoms with E-state index in [1.54, 1.807) is 14.2 Å². The molecule has 0 atom stereocenters. The summed E-state index contributed by atoms with van der Waals surface area (Å²) in [6.07, 6.45) is 2.80. The lowest BCUT2D eigenvalue weighted by Crippen LogP contribution is -2.31. The van der Waals surface area contributed by atoms with Gasteiger partial charge in [0, 0.05) is 12.0 Å². The van der Waals surface area contributed by atoms with Crippen molar-refractivity contribution in [1.82, 2.24) is 0 Å². The van der Waals surface area contributed by atoms with E-state index in [0.29, 0.717) is 5.75 Å². The summed E-state index contributed by atoms with van der Waals surface area (Å²) in [4.78, 5) is 10.9. The van der Waals surface area contributed by atoms with E-state index < -0.39 is 0 Å². The van der Waals surface area contributed by atoms with Crippen molar-refractivity contribution in [3.05, 3.63) is 23.3 Å². The highest BCUT2D eigenvalue weighted by Crippen LogP contribution is 2.30. The van der Waals surface area contributed by atoms with Gasteiger partial charge in [0.05, 0.1) is 14.2 Å². The Morgan fingerprint density at radius 2 is 2.00 bits per heavy atom. The summed E-state index contributed by atoms with van der Waals surface area (Å²) in [5.74, 6) is 1.09.